The Kier molecular flexibility index (Phi) is 8.94. The first-order valence-electron chi connectivity index (χ1n) is 16.1. The lowest BCUT2D eigenvalue weighted by Gasteiger charge is -2.08. The van der Waals surface area contributed by atoms with E-state index in [2.05, 4.69) is 70.8 Å². The Balaban J connectivity index is 1.24. The molecule has 0 spiro atoms. The molecule has 0 N–H and O–H groups in total. The number of nitrogens with zero attached hydrogens (tertiary/aromatic N) is 8. The number of hydrogen-bond acceptors (Lipinski definition) is 6. The van der Waals surface area contributed by atoms with Gasteiger partial charge in [-0.05, 0) is 92.7 Å². The van der Waals surface area contributed by atoms with Crippen molar-refractivity contribution < 1.29 is 0 Å². The molecule has 46 heavy (non-hydrogen) atoms. The molecular weight excluding hydrogens is 568 g/mol. The lowest BCUT2D eigenvalue weighted by molar-refractivity contribution is 0.468. The highest BCUT2D eigenvalue weighted by Crippen LogP contribution is 2.29. The van der Waals surface area contributed by atoms with Crippen LogP contribution in [0.15, 0.2) is 122 Å². The van der Waals surface area contributed by atoms with E-state index < -0.39 is 0 Å². The van der Waals surface area contributed by atoms with Gasteiger partial charge in [0.05, 0.1) is 11.4 Å². The highest BCUT2D eigenvalue weighted by molar-refractivity contribution is 5.77. The Bertz CT molecular complexity index is 1720. The molecule has 8 nitrogen and oxygen atoms in total. The molecule has 7 rings (SSSR count). The summed E-state index contributed by atoms with van der Waals surface area (Å²) in [5, 5.41) is 19.7. The molecule has 4 heterocycles. The molecule has 8 heteroatoms. The van der Waals surface area contributed by atoms with Crippen LogP contribution in [0.25, 0.3) is 46.0 Å². The van der Waals surface area contributed by atoms with Crippen LogP contribution in [0.4, 0.5) is 0 Å². The van der Waals surface area contributed by atoms with Crippen LogP contribution < -0.4 is 0 Å². The van der Waals surface area contributed by atoms with E-state index in [1.54, 1.807) is 9.59 Å². The molecule has 2 fully saturated rings. The lowest BCUT2D eigenvalue weighted by Crippen LogP contribution is -2.09. The third kappa shape index (κ3) is 6.91. The van der Waals surface area contributed by atoms with Crippen molar-refractivity contribution in [1.82, 2.24) is 39.8 Å². The zero-order valence-electron chi connectivity index (χ0n) is 25.9. The van der Waals surface area contributed by atoms with Crippen molar-refractivity contribution in [3.05, 3.63) is 133 Å². The van der Waals surface area contributed by atoms with E-state index >= 15 is 0 Å². The predicted octanol–water partition coefficient (Wildman–Crippen LogP) is 7.43. The molecule has 0 aliphatic carbocycles. The van der Waals surface area contributed by atoms with Crippen molar-refractivity contribution in [2.75, 3.05) is 26.2 Å². The maximum atomic E-state index is 4.97. The molecule has 0 saturated carbocycles. The van der Waals surface area contributed by atoms with E-state index in [1.165, 1.54) is 25.7 Å². The largest absolute Gasteiger partial charge is 0.377 e. The van der Waals surface area contributed by atoms with Crippen LogP contribution in [0.5, 0.6) is 0 Å². The zero-order chi connectivity index (χ0) is 31.0. The van der Waals surface area contributed by atoms with Gasteiger partial charge in [0.2, 0.25) is 0 Å². The minimum Gasteiger partial charge on any atom is -0.377 e. The van der Waals surface area contributed by atoms with E-state index in [9.17, 15) is 0 Å². The van der Waals surface area contributed by atoms with Gasteiger partial charge in [-0.25, -0.2) is 0 Å². The van der Waals surface area contributed by atoms with Crippen LogP contribution in [0.3, 0.4) is 0 Å². The Hall–Kier alpha value is -5.50. The van der Waals surface area contributed by atoms with Crippen molar-refractivity contribution >= 4 is 12.2 Å². The number of likely N-dealkylation sites (tertiary alicyclic amines) is 2. The van der Waals surface area contributed by atoms with Gasteiger partial charge in [-0.15, -0.1) is 20.4 Å². The van der Waals surface area contributed by atoms with Crippen molar-refractivity contribution in [3.63, 3.8) is 0 Å². The quantitative estimate of drug-likeness (QED) is 0.154. The summed E-state index contributed by atoms with van der Waals surface area (Å²) in [5.74, 6) is 0. The number of benzene rings is 3. The summed E-state index contributed by atoms with van der Waals surface area (Å²) in [7, 11) is 0. The molecule has 0 radical (unpaired) electrons. The number of hydrogen-bond donors (Lipinski definition) is 0. The number of allylic oxidation sites excluding steroid dienone is 4. The first-order valence-corrected chi connectivity index (χ1v) is 16.1. The van der Waals surface area contributed by atoms with Gasteiger partial charge in [0.1, 0.15) is 22.8 Å². The maximum Gasteiger partial charge on any atom is 0.120 e. The molecule has 2 aliphatic heterocycles. The molecule has 2 aromatic heterocycles. The van der Waals surface area contributed by atoms with Crippen molar-refractivity contribution in [2.45, 2.75) is 25.7 Å². The summed E-state index contributed by atoms with van der Waals surface area (Å²) < 4.78 is 0. The molecule has 2 aliphatic rings. The minimum atomic E-state index is 0.798. The fourth-order valence-electron chi connectivity index (χ4n) is 5.86. The number of rotatable bonds is 10. The zero-order valence-corrected chi connectivity index (χ0v) is 25.9. The Morgan fingerprint density at radius 3 is 1.33 bits per heavy atom. The topological polar surface area (TPSA) is 67.9 Å². The van der Waals surface area contributed by atoms with Gasteiger partial charge in [0, 0.05) is 37.3 Å². The summed E-state index contributed by atoms with van der Waals surface area (Å²) in [5.41, 5.74) is 6.94. The van der Waals surface area contributed by atoms with Gasteiger partial charge in [-0.2, -0.15) is 9.59 Å². The van der Waals surface area contributed by atoms with Gasteiger partial charge in [-0.1, -0.05) is 66.7 Å². The van der Waals surface area contributed by atoms with Crippen LogP contribution in [0, 0.1) is 0 Å². The highest BCUT2D eigenvalue weighted by Gasteiger charge is 2.17. The first kappa shape index (κ1) is 29.2. The third-order valence-corrected chi connectivity index (χ3v) is 8.27. The maximum absolute atomic E-state index is 4.97. The van der Waals surface area contributed by atoms with Gasteiger partial charge >= 0.3 is 0 Å². The van der Waals surface area contributed by atoms with Gasteiger partial charge in [0.25, 0.3) is 0 Å². The van der Waals surface area contributed by atoms with Crippen molar-refractivity contribution in [3.8, 4) is 33.9 Å². The van der Waals surface area contributed by atoms with Gasteiger partial charge in [-0.3, -0.25) is 0 Å². The Morgan fingerprint density at radius 1 is 0.457 bits per heavy atom. The molecule has 0 atom stereocenters. The summed E-state index contributed by atoms with van der Waals surface area (Å²) in [6.07, 6.45) is 21.7. The predicted molar refractivity (Wildman–Crippen MR) is 185 cm³/mol. The van der Waals surface area contributed by atoms with Crippen molar-refractivity contribution in [1.29, 1.82) is 0 Å². The number of para-hydroxylation sites is 2. The molecule has 230 valence electrons. The molecule has 0 amide bonds. The third-order valence-electron chi connectivity index (χ3n) is 8.27. The normalized spacial score (nSPS) is 15.6. The Morgan fingerprint density at radius 2 is 0.891 bits per heavy atom. The number of aromatic nitrogens is 6. The highest BCUT2D eigenvalue weighted by atomic mass is 15.5. The van der Waals surface area contributed by atoms with Crippen LogP contribution in [0.2, 0.25) is 0 Å². The fraction of sp³-hybridized carbons (Fsp3) is 0.211. The van der Waals surface area contributed by atoms with E-state index in [0.29, 0.717) is 0 Å². The molecule has 0 bridgehead atoms. The average Bonchev–Trinajstić information content (AvgIpc) is 3.94. The molecule has 2 saturated heterocycles. The molecule has 0 unspecified atom stereocenters. The Labute approximate surface area is 270 Å². The second kappa shape index (κ2) is 14.1. The van der Waals surface area contributed by atoms with Crippen molar-refractivity contribution in [2.24, 2.45) is 0 Å². The smallest absolute Gasteiger partial charge is 0.120 e. The fourth-order valence-corrected chi connectivity index (χ4v) is 5.86. The van der Waals surface area contributed by atoms with Crippen LogP contribution in [-0.4, -0.2) is 66.0 Å². The molecule has 3 aromatic carbocycles. The standard InChI is InChI=1S/C38H38N8/c1-3-18-33(19-4-1)45-39-35(22-7-9-24-43-26-11-12-27-43)37(41-45)31-16-15-17-32(30-31)38-36(23-8-10-25-44-28-13-14-29-44)40-46(42-38)34-20-5-2-6-21-34/h1-10,15-25,30H,11-14,26-29H2/b22-7+,23-8+,24-9+,25-10+. The minimum absolute atomic E-state index is 0.798. The molecule has 5 aromatic rings. The van der Waals surface area contributed by atoms with E-state index in [4.69, 9.17) is 20.4 Å². The second-order valence-corrected chi connectivity index (χ2v) is 11.6. The SMILES string of the molecule is C(/C=C/N1CCCC1)=C\c1nn(-c2ccccc2)nc1-c1cccc(-c2nn(-c3ccccc3)nc2/C=C/C=C/N2CCCC2)c1. The van der Waals surface area contributed by atoms with Gasteiger partial charge in [0.15, 0.2) is 0 Å². The van der Waals surface area contributed by atoms with E-state index in [1.807, 2.05) is 72.8 Å². The summed E-state index contributed by atoms with van der Waals surface area (Å²) in [4.78, 5) is 8.12. The van der Waals surface area contributed by atoms with Crippen LogP contribution in [-0.2, 0) is 0 Å². The lowest BCUT2D eigenvalue weighted by atomic mass is 10.0. The summed E-state index contributed by atoms with van der Waals surface area (Å²) >= 11 is 0. The average molecular weight is 607 g/mol. The van der Waals surface area contributed by atoms with Gasteiger partial charge < -0.3 is 9.80 Å². The first-order chi connectivity index (χ1) is 22.8. The monoisotopic (exact) mass is 606 g/mol. The van der Waals surface area contributed by atoms with Crippen LogP contribution in [0.1, 0.15) is 37.1 Å². The van der Waals surface area contributed by atoms with Crippen LogP contribution >= 0.6 is 0 Å². The summed E-state index contributed by atoms with van der Waals surface area (Å²) in [6, 6.07) is 28.4. The van der Waals surface area contributed by atoms with E-state index in [0.717, 1.165) is 71.5 Å². The molecular formula is C38H38N8. The summed E-state index contributed by atoms with van der Waals surface area (Å²) in [6.45, 7) is 4.47. The second-order valence-electron chi connectivity index (χ2n) is 11.6. The van der Waals surface area contributed by atoms with E-state index in [-0.39, 0.29) is 0 Å².